The molecule has 9 nitrogen and oxygen atoms in total. The summed E-state index contributed by atoms with van der Waals surface area (Å²) in [5, 5.41) is 8.79. The van der Waals surface area contributed by atoms with Crippen LogP contribution in [0.25, 0.3) is 0 Å². The molecule has 3 amide bonds. The zero-order chi connectivity index (χ0) is 28.4. The molecular formula is C28H28BrFN4O5. The predicted molar refractivity (Wildman–Crippen MR) is 149 cm³/mol. The highest BCUT2D eigenvalue weighted by molar-refractivity contribution is 9.10. The average Bonchev–Trinajstić information content (AvgIpc) is 2.92. The lowest BCUT2D eigenvalue weighted by molar-refractivity contribution is -0.139. The molecule has 0 unspecified atom stereocenters. The van der Waals surface area contributed by atoms with Gasteiger partial charge < -0.3 is 20.1 Å². The van der Waals surface area contributed by atoms with E-state index in [1.807, 2.05) is 24.3 Å². The van der Waals surface area contributed by atoms with Crippen LogP contribution in [0.2, 0.25) is 0 Å². The van der Waals surface area contributed by atoms with Crippen LogP contribution in [0.3, 0.4) is 0 Å². The van der Waals surface area contributed by atoms with Crippen LogP contribution < -0.4 is 25.5 Å². The molecule has 39 heavy (non-hydrogen) atoms. The van der Waals surface area contributed by atoms with E-state index in [-0.39, 0.29) is 24.6 Å². The number of hydrogen-bond donors (Lipinski definition) is 3. The molecule has 0 radical (unpaired) electrons. The van der Waals surface area contributed by atoms with Crippen LogP contribution in [0.5, 0.6) is 11.5 Å². The first-order valence-electron chi connectivity index (χ1n) is 11.9. The van der Waals surface area contributed by atoms with Gasteiger partial charge in [-0.15, -0.1) is 0 Å². The van der Waals surface area contributed by atoms with Gasteiger partial charge in [0.2, 0.25) is 0 Å². The number of benzene rings is 3. The zero-order valence-electron chi connectivity index (χ0n) is 21.6. The molecule has 0 aliphatic heterocycles. The minimum atomic E-state index is -0.912. The van der Waals surface area contributed by atoms with Gasteiger partial charge in [0.1, 0.15) is 5.82 Å². The van der Waals surface area contributed by atoms with Crippen LogP contribution in [-0.4, -0.2) is 37.7 Å². The number of carbonyl (C=O) groups is 3. The highest BCUT2D eigenvalue weighted by atomic mass is 79.9. The van der Waals surface area contributed by atoms with Gasteiger partial charge in [0.15, 0.2) is 18.1 Å². The predicted octanol–water partition coefficient (Wildman–Crippen LogP) is 4.50. The van der Waals surface area contributed by atoms with Crippen molar-refractivity contribution in [3.05, 3.63) is 87.6 Å². The standard InChI is InChI=1S/C28H28BrFN4O5/c1-17(2)20-7-4-18(5-8-20)14-31-27(36)28(37)34-32-15-19-6-11-24(25(12-19)38-3)39-16-26(35)33-23-10-9-21(29)13-22(23)30/h4-13,15,17H,14,16H2,1-3H3,(H,31,36)(H,33,35)(H,34,37)/b32-15-. The third-order valence-electron chi connectivity index (χ3n) is 5.44. The van der Waals surface area contributed by atoms with Crippen molar-refractivity contribution >= 4 is 45.6 Å². The van der Waals surface area contributed by atoms with Crippen molar-refractivity contribution in [2.24, 2.45) is 5.10 Å². The van der Waals surface area contributed by atoms with Crippen molar-refractivity contribution in [2.75, 3.05) is 19.0 Å². The van der Waals surface area contributed by atoms with E-state index in [4.69, 9.17) is 9.47 Å². The smallest absolute Gasteiger partial charge is 0.329 e. The molecule has 0 aliphatic carbocycles. The number of hydrogen-bond acceptors (Lipinski definition) is 6. The highest BCUT2D eigenvalue weighted by Crippen LogP contribution is 2.27. The van der Waals surface area contributed by atoms with Gasteiger partial charge in [-0.1, -0.05) is 54.0 Å². The molecule has 0 aliphatic rings. The van der Waals surface area contributed by atoms with Crippen LogP contribution in [0.4, 0.5) is 10.1 Å². The number of nitrogens with one attached hydrogen (secondary N) is 3. The Labute approximate surface area is 233 Å². The van der Waals surface area contributed by atoms with Gasteiger partial charge in [-0.3, -0.25) is 14.4 Å². The van der Waals surface area contributed by atoms with Crippen LogP contribution in [0.15, 0.2) is 70.2 Å². The number of nitrogens with zero attached hydrogens (tertiary/aromatic N) is 1. The molecule has 0 saturated carbocycles. The number of anilines is 1. The fraction of sp³-hybridized carbons (Fsp3) is 0.214. The summed E-state index contributed by atoms with van der Waals surface area (Å²) in [5.41, 5.74) is 4.80. The van der Waals surface area contributed by atoms with Gasteiger partial charge in [0.25, 0.3) is 5.91 Å². The van der Waals surface area contributed by atoms with Crippen LogP contribution in [0.1, 0.15) is 36.5 Å². The largest absolute Gasteiger partial charge is 0.493 e. The number of methoxy groups -OCH3 is 1. The van der Waals surface area contributed by atoms with Crippen molar-refractivity contribution in [1.82, 2.24) is 10.7 Å². The van der Waals surface area contributed by atoms with E-state index in [0.717, 1.165) is 5.56 Å². The SMILES string of the molecule is COc1cc(/C=N\NC(=O)C(=O)NCc2ccc(C(C)C)cc2)ccc1OCC(=O)Nc1ccc(Br)cc1F. The molecule has 3 aromatic carbocycles. The molecule has 0 bridgehead atoms. The van der Waals surface area contributed by atoms with Gasteiger partial charge in [0.05, 0.1) is 19.0 Å². The van der Waals surface area contributed by atoms with Crippen LogP contribution in [-0.2, 0) is 20.9 Å². The van der Waals surface area contributed by atoms with Crippen molar-refractivity contribution < 1.29 is 28.2 Å². The molecule has 0 heterocycles. The summed E-state index contributed by atoms with van der Waals surface area (Å²) in [7, 11) is 1.42. The lowest BCUT2D eigenvalue weighted by Gasteiger charge is -2.12. The molecular weight excluding hydrogens is 571 g/mol. The minimum Gasteiger partial charge on any atom is -0.493 e. The second-order valence-electron chi connectivity index (χ2n) is 8.65. The summed E-state index contributed by atoms with van der Waals surface area (Å²) in [5.74, 6) is -1.90. The third kappa shape index (κ3) is 8.92. The van der Waals surface area contributed by atoms with Gasteiger partial charge in [0, 0.05) is 11.0 Å². The second-order valence-corrected chi connectivity index (χ2v) is 9.57. The van der Waals surface area contributed by atoms with Crippen molar-refractivity contribution in [3.63, 3.8) is 0 Å². The Morgan fingerprint density at radius 2 is 1.74 bits per heavy atom. The average molecular weight is 599 g/mol. The first-order valence-corrected chi connectivity index (χ1v) is 12.7. The van der Waals surface area contributed by atoms with Gasteiger partial charge in [-0.05, 0) is 59.0 Å². The monoisotopic (exact) mass is 598 g/mol. The molecule has 3 aromatic rings. The summed E-state index contributed by atoms with van der Waals surface area (Å²) in [4.78, 5) is 36.3. The van der Waals surface area contributed by atoms with Crippen molar-refractivity contribution in [2.45, 2.75) is 26.3 Å². The minimum absolute atomic E-state index is 0.0290. The van der Waals surface area contributed by atoms with Gasteiger partial charge in [-0.2, -0.15) is 5.10 Å². The fourth-order valence-corrected chi connectivity index (χ4v) is 3.64. The Kier molecular flexibility index (Phi) is 10.6. The molecule has 3 rings (SSSR count). The molecule has 3 N–H and O–H groups in total. The third-order valence-corrected chi connectivity index (χ3v) is 5.93. The van der Waals surface area contributed by atoms with Gasteiger partial charge >= 0.3 is 11.8 Å². The molecule has 0 aromatic heterocycles. The Balaban J connectivity index is 1.48. The normalized spacial score (nSPS) is 10.8. The van der Waals surface area contributed by atoms with Gasteiger partial charge in [-0.25, -0.2) is 9.82 Å². The number of halogens is 2. The lowest BCUT2D eigenvalue weighted by Crippen LogP contribution is -2.37. The fourth-order valence-electron chi connectivity index (χ4n) is 3.30. The first kappa shape index (κ1) is 29.3. The van der Waals surface area contributed by atoms with E-state index in [9.17, 15) is 18.8 Å². The topological polar surface area (TPSA) is 118 Å². The number of amides is 3. The van der Waals surface area contributed by atoms with E-state index >= 15 is 0 Å². The molecule has 0 fully saturated rings. The first-order chi connectivity index (χ1) is 18.7. The molecule has 11 heteroatoms. The van der Waals surface area contributed by atoms with Crippen molar-refractivity contribution in [1.29, 1.82) is 0 Å². The maximum Gasteiger partial charge on any atom is 0.329 e. The Hall–Kier alpha value is -4.25. The summed E-state index contributed by atoms with van der Waals surface area (Å²) in [6.45, 7) is 4.02. The summed E-state index contributed by atoms with van der Waals surface area (Å²) in [6.07, 6.45) is 1.32. The van der Waals surface area contributed by atoms with Crippen LogP contribution in [0, 0.1) is 5.82 Å². The maximum atomic E-state index is 13.9. The number of ether oxygens (including phenoxy) is 2. The summed E-state index contributed by atoms with van der Waals surface area (Å²) >= 11 is 3.15. The molecule has 0 atom stereocenters. The summed E-state index contributed by atoms with van der Waals surface area (Å²) < 4.78 is 25.3. The number of rotatable bonds is 10. The second kappa shape index (κ2) is 14.1. The van der Waals surface area contributed by atoms with E-state index < -0.39 is 23.5 Å². The molecule has 0 spiro atoms. The van der Waals surface area contributed by atoms with Crippen LogP contribution >= 0.6 is 15.9 Å². The van der Waals surface area contributed by atoms with E-state index in [1.165, 1.54) is 31.0 Å². The van der Waals surface area contributed by atoms with Crippen molar-refractivity contribution in [3.8, 4) is 11.5 Å². The molecule has 204 valence electrons. The quantitative estimate of drug-likeness (QED) is 0.180. The number of hydrazone groups is 1. The lowest BCUT2D eigenvalue weighted by atomic mass is 10.0. The Morgan fingerprint density at radius 1 is 1.00 bits per heavy atom. The molecule has 0 saturated heterocycles. The Morgan fingerprint density at radius 3 is 2.41 bits per heavy atom. The highest BCUT2D eigenvalue weighted by Gasteiger charge is 2.13. The van der Waals surface area contributed by atoms with E-state index in [1.54, 1.807) is 24.3 Å². The van der Waals surface area contributed by atoms with E-state index in [2.05, 4.69) is 50.9 Å². The summed E-state index contributed by atoms with van der Waals surface area (Å²) in [6, 6.07) is 16.8. The zero-order valence-corrected chi connectivity index (χ0v) is 23.2. The Bertz CT molecular complexity index is 1360. The maximum absolute atomic E-state index is 13.9. The number of carbonyl (C=O) groups excluding carboxylic acids is 3. The van der Waals surface area contributed by atoms with E-state index in [0.29, 0.717) is 21.7 Å².